The van der Waals surface area contributed by atoms with Crippen molar-refractivity contribution in [2.75, 3.05) is 0 Å². The van der Waals surface area contributed by atoms with Crippen LogP contribution < -0.4 is 0 Å². The summed E-state index contributed by atoms with van der Waals surface area (Å²) < 4.78 is 5.25. The second-order valence-electron chi connectivity index (χ2n) is 3.73. The van der Waals surface area contributed by atoms with Gasteiger partial charge in [-0.25, -0.2) is 0 Å². The Hall–Kier alpha value is -1.19. The number of ketones is 1. The van der Waals surface area contributed by atoms with Gasteiger partial charge in [0.2, 0.25) is 0 Å². The van der Waals surface area contributed by atoms with Gasteiger partial charge in [0, 0.05) is 0 Å². The van der Waals surface area contributed by atoms with E-state index in [1.165, 1.54) is 6.92 Å². The Balaban J connectivity index is 2.26. The fourth-order valence-corrected chi connectivity index (χ4v) is 1.66. The van der Waals surface area contributed by atoms with E-state index in [2.05, 4.69) is 0 Å². The summed E-state index contributed by atoms with van der Waals surface area (Å²) in [7, 11) is 0. The van der Waals surface area contributed by atoms with E-state index in [1.54, 1.807) is 0 Å². The number of carbonyl (C=O) groups is 1. The highest BCUT2D eigenvalue weighted by molar-refractivity contribution is 5.86. The zero-order chi connectivity index (χ0) is 10.2. The van der Waals surface area contributed by atoms with Crippen LogP contribution in [-0.2, 0) is 9.53 Å². The minimum atomic E-state index is -1.31. The van der Waals surface area contributed by atoms with Crippen LogP contribution in [0.25, 0.3) is 0 Å². The summed E-state index contributed by atoms with van der Waals surface area (Å²) in [6.07, 6.45) is -0.543. The smallest absolute Gasteiger partial charge is 0.171 e. The van der Waals surface area contributed by atoms with Gasteiger partial charge in [0.1, 0.15) is 6.10 Å². The average Bonchev–Trinajstić information content (AvgIpc) is 2.41. The summed E-state index contributed by atoms with van der Waals surface area (Å²) in [5.74, 6) is -1.38. The number of hydrogen-bond acceptors (Lipinski definition) is 3. The topological polar surface area (TPSA) is 46.5 Å². The fraction of sp³-hybridized carbons (Fsp3) is 0.364. The zero-order valence-corrected chi connectivity index (χ0v) is 7.93. The van der Waals surface area contributed by atoms with E-state index in [1.807, 2.05) is 30.3 Å². The van der Waals surface area contributed by atoms with Crippen LogP contribution in [0.1, 0.15) is 25.0 Å². The van der Waals surface area contributed by atoms with Gasteiger partial charge in [-0.2, -0.15) is 0 Å². The fourth-order valence-electron chi connectivity index (χ4n) is 1.66. The van der Waals surface area contributed by atoms with Crippen LogP contribution in [0.4, 0.5) is 0 Å². The molecule has 0 aromatic heterocycles. The molecule has 0 amide bonds. The first-order chi connectivity index (χ1) is 6.58. The Labute approximate surface area is 82.3 Å². The molecule has 0 spiro atoms. The molecular weight excluding hydrogens is 180 g/mol. The molecule has 2 rings (SSSR count). The molecule has 1 saturated heterocycles. The van der Waals surface area contributed by atoms with Gasteiger partial charge in [0.25, 0.3) is 0 Å². The van der Waals surface area contributed by atoms with Crippen LogP contribution in [0.3, 0.4) is 0 Å². The predicted molar refractivity (Wildman–Crippen MR) is 50.5 cm³/mol. The summed E-state index contributed by atoms with van der Waals surface area (Å²) in [5.41, 5.74) is 0.801. The maximum atomic E-state index is 11.5. The third-order valence-electron chi connectivity index (χ3n) is 2.27. The molecule has 1 aromatic carbocycles. The molecule has 2 atom stereocenters. The van der Waals surface area contributed by atoms with Gasteiger partial charge >= 0.3 is 0 Å². The second-order valence-corrected chi connectivity index (χ2v) is 3.73. The van der Waals surface area contributed by atoms with Crippen LogP contribution in [-0.4, -0.2) is 16.7 Å². The molecule has 3 nitrogen and oxygen atoms in total. The SMILES string of the molecule is CC1(O)CC(=O)C(c2ccccc2)O1. The lowest BCUT2D eigenvalue weighted by Crippen LogP contribution is -2.21. The van der Waals surface area contributed by atoms with E-state index in [0.29, 0.717) is 0 Å². The van der Waals surface area contributed by atoms with Crippen LogP contribution in [0.2, 0.25) is 0 Å². The van der Waals surface area contributed by atoms with Gasteiger partial charge < -0.3 is 9.84 Å². The predicted octanol–water partition coefficient (Wildman–Crippen LogP) is 1.43. The van der Waals surface area contributed by atoms with Gasteiger partial charge in [0.05, 0.1) is 6.42 Å². The normalized spacial score (nSPS) is 32.1. The molecule has 1 N–H and O–H groups in total. The Morgan fingerprint density at radius 1 is 1.43 bits per heavy atom. The van der Waals surface area contributed by atoms with E-state index < -0.39 is 11.9 Å². The molecular formula is C11H12O3. The minimum Gasteiger partial charge on any atom is -0.365 e. The third-order valence-corrected chi connectivity index (χ3v) is 2.27. The van der Waals surface area contributed by atoms with Gasteiger partial charge in [-0.15, -0.1) is 0 Å². The molecule has 1 fully saturated rings. The molecule has 1 aliphatic rings. The molecule has 0 saturated carbocycles. The second kappa shape index (κ2) is 3.19. The summed E-state index contributed by atoms with van der Waals surface area (Å²) in [6.45, 7) is 1.51. The highest BCUT2D eigenvalue weighted by Gasteiger charge is 2.41. The standard InChI is InChI=1S/C11H12O3/c1-11(13)7-9(12)10(14-11)8-5-3-2-4-6-8/h2-6,10,13H,7H2,1H3. The van der Waals surface area contributed by atoms with Crippen molar-refractivity contribution in [1.82, 2.24) is 0 Å². The monoisotopic (exact) mass is 192 g/mol. The number of rotatable bonds is 1. The van der Waals surface area contributed by atoms with Crippen molar-refractivity contribution in [2.45, 2.75) is 25.2 Å². The number of ether oxygens (including phenoxy) is 1. The first kappa shape index (κ1) is 9.37. The third kappa shape index (κ3) is 1.69. The van der Waals surface area contributed by atoms with Gasteiger partial charge in [-0.3, -0.25) is 4.79 Å². The molecule has 3 heteroatoms. The van der Waals surface area contributed by atoms with Crippen molar-refractivity contribution in [1.29, 1.82) is 0 Å². The number of carbonyl (C=O) groups excluding carboxylic acids is 1. The number of benzene rings is 1. The highest BCUT2D eigenvalue weighted by atomic mass is 16.6. The zero-order valence-electron chi connectivity index (χ0n) is 7.93. The summed E-state index contributed by atoms with van der Waals surface area (Å²) >= 11 is 0. The number of Topliss-reactive ketones (excluding diaryl/α,β-unsaturated/α-hetero) is 1. The maximum Gasteiger partial charge on any atom is 0.171 e. The Bertz CT molecular complexity index is 343. The van der Waals surface area contributed by atoms with Crippen molar-refractivity contribution >= 4 is 5.78 Å². The van der Waals surface area contributed by atoms with Gasteiger partial charge in [-0.1, -0.05) is 30.3 Å². The molecule has 74 valence electrons. The van der Waals surface area contributed by atoms with E-state index in [0.717, 1.165) is 5.56 Å². The molecule has 2 unspecified atom stereocenters. The van der Waals surface area contributed by atoms with Crippen molar-refractivity contribution < 1.29 is 14.6 Å². The molecule has 0 radical (unpaired) electrons. The van der Waals surface area contributed by atoms with Crippen molar-refractivity contribution in [3.8, 4) is 0 Å². The first-order valence-electron chi connectivity index (χ1n) is 4.56. The van der Waals surface area contributed by atoms with E-state index in [4.69, 9.17) is 4.74 Å². The van der Waals surface area contributed by atoms with E-state index in [-0.39, 0.29) is 12.2 Å². The number of aliphatic hydroxyl groups is 1. The lowest BCUT2D eigenvalue weighted by molar-refractivity contribution is -0.180. The largest absolute Gasteiger partial charge is 0.365 e. The molecule has 14 heavy (non-hydrogen) atoms. The first-order valence-corrected chi connectivity index (χ1v) is 4.56. The van der Waals surface area contributed by atoms with Crippen LogP contribution in [0.15, 0.2) is 30.3 Å². The quantitative estimate of drug-likeness (QED) is 0.732. The summed E-state index contributed by atoms with van der Waals surface area (Å²) in [4.78, 5) is 11.5. The summed E-state index contributed by atoms with van der Waals surface area (Å²) in [5, 5.41) is 9.55. The Morgan fingerprint density at radius 2 is 2.07 bits per heavy atom. The van der Waals surface area contributed by atoms with Crippen LogP contribution in [0, 0.1) is 0 Å². The van der Waals surface area contributed by atoms with Crippen LogP contribution in [0.5, 0.6) is 0 Å². The molecule has 1 aliphatic heterocycles. The van der Waals surface area contributed by atoms with Crippen molar-refractivity contribution in [3.05, 3.63) is 35.9 Å². The lowest BCUT2D eigenvalue weighted by atomic mass is 10.0. The van der Waals surface area contributed by atoms with Crippen LogP contribution >= 0.6 is 0 Å². The number of hydrogen-bond donors (Lipinski definition) is 1. The minimum absolute atomic E-state index is 0.0621. The van der Waals surface area contributed by atoms with E-state index >= 15 is 0 Å². The highest BCUT2D eigenvalue weighted by Crippen LogP contribution is 2.34. The van der Waals surface area contributed by atoms with Gasteiger partial charge in [-0.05, 0) is 12.5 Å². The summed E-state index contributed by atoms with van der Waals surface area (Å²) in [6, 6.07) is 9.22. The Kier molecular flexibility index (Phi) is 2.13. The van der Waals surface area contributed by atoms with E-state index in [9.17, 15) is 9.90 Å². The van der Waals surface area contributed by atoms with Gasteiger partial charge in [0.15, 0.2) is 11.6 Å². The molecule has 0 bridgehead atoms. The maximum absolute atomic E-state index is 11.5. The average molecular weight is 192 g/mol. The van der Waals surface area contributed by atoms with Crippen molar-refractivity contribution in [3.63, 3.8) is 0 Å². The molecule has 0 aliphatic carbocycles. The molecule has 1 aromatic rings. The van der Waals surface area contributed by atoms with Crippen molar-refractivity contribution in [2.24, 2.45) is 0 Å². The molecule has 1 heterocycles. The Morgan fingerprint density at radius 3 is 2.57 bits per heavy atom. The lowest BCUT2D eigenvalue weighted by Gasteiger charge is -2.16.